The number of aromatic amines is 1. The SMILES string of the molecule is O=C1CC[C@@H](c2ccc[nH]c2=O)N1. The predicted octanol–water partition coefficient (Wildman–Crippen LogP) is 0.326. The van der Waals surface area contributed by atoms with Gasteiger partial charge in [-0.15, -0.1) is 0 Å². The molecule has 1 aromatic rings. The van der Waals surface area contributed by atoms with E-state index in [1.165, 1.54) is 0 Å². The Kier molecular flexibility index (Phi) is 1.88. The molecule has 1 aliphatic heterocycles. The summed E-state index contributed by atoms with van der Waals surface area (Å²) in [7, 11) is 0. The van der Waals surface area contributed by atoms with Crippen molar-refractivity contribution in [2.24, 2.45) is 0 Å². The average Bonchev–Trinajstić information content (AvgIpc) is 2.53. The van der Waals surface area contributed by atoms with Gasteiger partial charge in [0.15, 0.2) is 0 Å². The van der Waals surface area contributed by atoms with Crippen molar-refractivity contribution in [3.8, 4) is 0 Å². The Morgan fingerprint density at radius 2 is 2.23 bits per heavy atom. The quantitative estimate of drug-likeness (QED) is 0.650. The van der Waals surface area contributed by atoms with E-state index < -0.39 is 0 Å². The Morgan fingerprint density at radius 1 is 1.38 bits per heavy atom. The van der Waals surface area contributed by atoms with Crippen molar-refractivity contribution in [2.45, 2.75) is 18.9 Å². The number of carbonyl (C=O) groups excluding carboxylic acids is 1. The van der Waals surface area contributed by atoms with Crippen LogP contribution in [0.1, 0.15) is 24.4 Å². The van der Waals surface area contributed by atoms with Crippen LogP contribution in [0, 0.1) is 0 Å². The highest BCUT2D eigenvalue weighted by molar-refractivity contribution is 5.78. The molecule has 4 heteroatoms. The first kappa shape index (κ1) is 8.04. The number of pyridine rings is 1. The van der Waals surface area contributed by atoms with Gasteiger partial charge in [-0.1, -0.05) is 0 Å². The monoisotopic (exact) mass is 178 g/mol. The second-order valence-corrected chi connectivity index (χ2v) is 3.11. The number of nitrogens with one attached hydrogen (secondary N) is 2. The van der Waals surface area contributed by atoms with Crippen molar-refractivity contribution in [1.29, 1.82) is 0 Å². The minimum Gasteiger partial charge on any atom is -0.349 e. The fourth-order valence-electron chi connectivity index (χ4n) is 1.56. The van der Waals surface area contributed by atoms with Gasteiger partial charge in [-0.2, -0.15) is 0 Å². The van der Waals surface area contributed by atoms with E-state index in [2.05, 4.69) is 10.3 Å². The molecule has 2 heterocycles. The van der Waals surface area contributed by atoms with E-state index in [-0.39, 0.29) is 17.5 Å². The highest BCUT2D eigenvalue weighted by Gasteiger charge is 2.23. The zero-order valence-corrected chi connectivity index (χ0v) is 7.04. The minimum absolute atomic E-state index is 0.0215. The van der Waals surface area contributed by atoms with Crippen LogP contribution in [0.4, 0.5) is 0 Å². The van der Waals surface area contributed by atoms with E-state index in [4.69, 9.17) is 0 Å². The maximum atomic E-state index is 11.3. The molecule has 1 amide bonds. The molecule has 13 heavy (non-hydrogen) atoms. The molecule has 0 aromatic carbocycles. The van der Waals surface area contributed by atoms with Crippen LogP contribution in [0.2, 0.25) is 0 Å². The summed E-state index contributed by atoms with van der Waals surface area (Å²) in [5.41, 5.74) is 0.531. The molecule has 1 aromatic heterocycles. The molecule has 0 spiro atoms. The van der Waals surface area contributed by atoms with Crippen LogP contribution >= 0.6 is 0 Å². The first-order chi connectivity index (χ1) is 6.27. The summed E-state index contributed by atoms with van der Waals surface area (Å²) in [6.45, 7) is 0. The molecule has 1 fully saturated rings. The van der Waals surface area contributed by atoms with E-state index in [1.54, 1.807) is 18.3 Å². The second-order valence-electron chi connectivity index (χ2n) is 3.11. The largest absolute Gasteiger partial charge is 0.349 e. The second kappa shape index (κ2) is 3.05. The molecule has 0 radical (unpaired) electrons. The molecule has 0 bridgehead atoms. The van der Waals surface area contributed by atoms with Crippen LogP contribution in [-0.4, -0.2) is 10.9 Å². The summed E-state index contributed by atoms with van der Waals surface area (Å²) >= 11 is 0. The van der Waals surface area contributed by atoms with E-state index in [1.807, 2.05) is 0 Å². The van der Waals surface area contributed by atoms with Gasteiger partial charge in [0.05, 0.1) is 6.04 Å². The number of aromatic nitrogens is 1. The van der Waals surface area contributed by atoms with Crippen LogP contribution in [0.15, 0.2) is 23.1 Å². The van der Waals surface area contributed by atoms with E-state index in [0.717, 1.165) is 0 Å². The predicted molar refractivity (Wildman–Crippen MR) is 47.2 cm³/mol. The van der Waals surface area contributed by atoms with E-state index in [9.17, 15) is 9.59 Å². The van der Waals surface area contributed by atoms with Gasteiger partial charge in [0, 0.05) is 18.2 Å². The number of rotatable bonds is 1. The van der Waals surface area contributed by atoms with Crippen molar-refractivity contribution in [1.82, 2.24) is 10.3 Å². The zero-order valence-electron chi connectivity index (χ0n) is 7.04. The molecule has 0 saturated carbocycles. The molecule has 1 aliphatic rings. The van der Waals surface area contributed by atoms with Crippen molar-refractivity contribution in [2.75, 3.05) is 0 Å². The number of hydrogen-bond acceptors (Lipinski definition) is 2. The molecule has 1 atom stereocenters. The lowest BCUT2D eigenvalue weighted by atomic mass is 10.1. The Hall–Kier alpha value is -1.58. The minimum atomic E-state index is -0.116. The summed E-state index contributed by atoms with van der Waals surface area (Å²) in [6, 6.07) is 3.41. The molecule has 2 rings (SSSR count). The van der Waals surface area contributed by atoms with Gasteiger partial charge in [-0.05, 0) is 18.6 Å². The molecule has 2 N–H and O–H groups in total. The van der Waals surface area contributed by atoms with Crippen molar-refractivity contribution < 1.29 is 4.79 Å². The molecular formula is C9H10N2O2. The van der Waals surface area contributed by atoms with Crippen LogP contribution in [0.3, 0.4) is 0 Å². The third-order valence-corrected chi connectivity index (χ3v) is 2.22. The first-order valence-corrected chi connectivity index (χ1v) is 4.24. The van der Waals surface area contributed by atoms with Crippen LogP contribution in [0.25, 0.3) is 0 Å². The number of amides is 1. The van der Waals surface area contributed by atoms with Crippen molar-refractivity contribution >= 4 is 5.91 Å². The van der Waals surface area contributed by atoms with Gasteiger partial charge in [0.1, 0.15) is 0 Å². The van der Waals surface area contributed by atoms with Gasteiger partial charge in [-0.25, -0.2) is 0 Å². The van der Waals surface area contributed by atoms with Gasteiger partial charge in [-0.3, -0.25) is 9.59 Å². The molecule has 68 valence electrons. The van der Waals surface area contributed by atoms with Crippen molar-refractivity contribution in [3.63, 3.8) is 0 Å². The topological polar surface area (TPSA) is 62.0 Å². The lowest BCUT2D eigenvalue weighted by Crippen LogP contribution is -2.24. The summed E-state index contributed by atoms with van der Waals surface area (Å²) < 4.78 is 0. The lowest BCUT2D eigenvalue weighted by molar-refractivity contribution is -0.119. The standard InChI is InChI=1S/C9H10N2O2/c12-8-4-3-7(11-8)6-2-1-5-10-9(6)13/h1-2,5,7H,3-4H2,(H,10,13)(H,11,12)/t7-/m0/s1. The summed E-state index contributed by atoms with van der Waals surface area (Å²) in [5.74, 6) is 0.0215. The van der Waals surface area contributed by atoms with E-state index >= 15 is 0 Å². The molecular weight excluding hydrogens is 168 g/mol. The van der Waals surface area contributed by atoms with Crippen LogP contribution in [-0.2, 0) is 4.79 Å². The molecule has 4 nitrogen and oxygen atoms in total. The van der Waals surface area contributed by atoms with Gasteiger partial charge in [0.2, 0.25) is 5.91 Å². The molecule has 0 aliphatic carbocycles. The molecule has 1 saturated heterocycles. The third kappa shape index (κ3) is 1.47. The Morgan fingerprint density at radius 3 is 2.85 bits per heavy atom. The normalized spacial score (nSPS) is 21.5. The van der Waals surface area contributed by atoms with Gasteiger partial charge >= 0.3 is 0 Å². The zero-order chi connectivity index (χ0) is 9.26. The van der Waals surface area contributed by atoms with E-state index in [0.29, 0.717) is 18.4 Å². The fraction of sp³-hybridized carbons (Fsp3) is 0.333. The molecule has 0 unspecified atom stereocenters. The maximum Gasteiger partial charge on any atom is 0.253 e. The number of hydrogen-bond donors (Lipinski definition) is 2. The maximum absolute atomic E-state index is 11.3. The lowest BCUT2D eigenvalue weighted by Gasteiger charge is -2.07. The Bertz CT molecular complexity index is 383. The third-order valence-electron chi connectivity index (χ3n) is 2.22. The average molecular weight is 178 g/mol. The summed E-state index contributed by atoms with van der Waals surface area (Å²) in [4.78, 5) is 24.8. The van der Waals surface area contributed by atoms with Gasteiger partial charge < -0.3 is 10.3 Å². The summed E-state index contributed by atoms with van der Waals surface area (Å²) in [6.07, 6.45) is 2.81. The first-order valence-electron chi connectivity index (χ1n) is 4.24. The van der Waals surface area contributed by atoms with Crippen LogP contribution in [0.5, 0.6) is 0 Å². The fourth-order valence-corrected chi connectivity index (χ4v) is 1.56. The smallest absolute Gasteiger partial charge is 0.253 e. The Balaban J connectivity index is 2.31. The number of carbonyl (C=O) groups is 1. The van der Waals surface area contributed by atoms with Gasteiger partial charge in [0.25, 0.3) is 5.56 Å². The number of H-pyrrole nitrogens is 1. The summed E-state index contributed by atoms with van der Waals surface area (Å²) in [5, 5.41) is 2.75. The highest BCUT2D eigenvalue weighted by Crippen LogP contribution is 2.20. The Labute approximate surface area is 75.0 Å². The van der Waals surface area contributed by atoms with Crippen LogP contribution < -0.4 is 10.9 Å². The highest BCUT2D eigenvalue weighted by atomic mass is 16.2. The van der Waals surface area contributed by atoms with Crippen molar-refractivity contribution in [3.05, 3.63) is 34.2 Å².